The fraction of sp³-hybridized carbons (Fsp3) is 0.171. The highest BCUT2D eigenvalue weighted by Crippen LogP contribution is 2.58. The van der Waals surface area contributed by atoms with Gasteiger partial charge in [0.15, 0.2) is 11.6 Å². The maximum Gasteiger partial charge on any atom is 0.269 e. The van der Waals surface area contributed by atoms with Crippen LogP contribution in [0.15, 0.2) is 97.1 Å². The summed E-state index contributed by atoms with van der Waals surface area (Å²) in [7, 11) is 2.93. The average molecular weight is 602 g/mol. The first kappa shape index (κ1) is 28.0. The van der Waals surface area contributed by atoms with Gasteiger partial charge in [0.2, 0.25) is 5.91 Å². The molecule has 0 unspecified atom stereocenters. The number of hydrogen-bond donors (Lipinski definition) is 1. The summed E-state index contributed by atoms with van der Waals surface area (Å²) in [4.78, 5) is 57.2. The van der Waals surface area contributed by atoms with E-state index in [1.54, 1.807) is 30.3 Å². The molecular weight excluding hydrogens is 574 g/mol. The molecule has 0 aromatic heterocycles. The van der Waals surface area contributed by atoms with Gasteiger partial charge >= 0.3 is 0 Å². The molecule has 0 bridgehead atoms. The Morgan fingerprint density at radius 2 is 1.64 bits per heavy atom. The lowest BCUT2D eigenvalue weighted by molar-refractivity contribution is -0.384. The normalized spacial score (nSPS) is 22.3. The minimum absolute atomic E-state index is 0.164. The van der Waals surface area contributed by atoms with Crippen LogP contribution in [0, 0.1) is 16.0 Å². The lowest BCUT2D eigenvalue weighted by atomic mass is 9.64. The van der Waals surface area contributed by atoms with Crippen LogP contribution in [0.2, 0.25) is 0 Å². The summed E-state index contributed by atoms with van der Waals surface area (Å²) in [5.74, 6) is -1.89. The number of nitrogens with zero attached hydrogens (tertiary/aromatic N) is 2. The fourth-order valence-corrected chi connectivity index (χ4v) is 7.21. The van der Waals surface area contributed by atoms with Crippen molar-refractivity contribution in [2.75, 3.05) is 24.4 Å². The quantitative estimate of drug-likeness (QED) is 0.168. The molecule has 0 radical (unpaired) electrons. The first-order valence-corrected chi connectivity index (χ1v) is 14.3. The molecule has 0 aliphatic carbocycles. The number of non-ortho nitro benzene ring substituents is 1. The molecule has 1 N–H and O–H groups in total. The molecule has 45 heavy (non-hydrogen) atoms. The smallest absolute Gasteiger partial charge is 0.269 e. The number of amides is 1. The van der Waals surface area contributed by atoms with Crippen LogP contribution in [0.1, 0.15) is 31.8 Å². The van der Waals surface area contributed by atoms with E-state index in [0.717, 1.165) is 5.56 Å². The Morgan fingerprint density at radius 1 is 0.911 bits per heavy atom. The van der Waals surface area contributed by atoms with Gasteiger partial charge in [-0.15, -0.1) is 0 Å². The second-order valence-corrected chi connectivity index (χ2v) is 11.2. The molecule has 1 amide bonds. The van der Waals surface area contributed by atoms with Crippen molar-refractivity contribution >= 4 is 40.6 Å². The lowest BCUT2D eigenvalue weighted by Crippen LogP contribution is -2.51. The van der Waals surface area contributed by atoms with Crippen molar-refractivity contribution in [3.63, 3.8) is 0 Å². The first-order chi connectivity index (χ1) is 21.8. The molecule has 10 heteroatoms. The zero-order valence-electron chi connectivity index (χ0n) is 24.3. The standard InChI is InChI=1S/C35H27N3O7/c1-44-23-16-17-28(45-2)24(19-23)33(40)30-31(32(39)21-11-14-22(15-12-21)38(42)43)37-27-10-6-3-7-20(27)13-18-29(37)35(30)25-8-4-5-9-26(25)36-34(35)41/h3-19,29-31H,1-2H3,(H,36,41)/t29-,30-,31+,35+/m1/s1. The third-order valence-electron chi connectivity index (χ3n) is 9.13. The molecule has 7 rings (SSSR count). The number of carbonyl (C=O) groups excluding carboxylic acids is 3. The number of rotatable bonds is 7. The molecule has 4 aromatic carbocycles. The van der Waals surface area contributed by atoms with Crippen molar-refractivity contribution in [2.45, 2.75) is 17.5 Å². The van der Waals surface area contributed by atoms with Crippen molar-refractivity contribution in [2.24, 2.45) is 5.92 Å². The van der Waals surface area contributed by atoms with E-state index in [0.29, 0.717) is 22.7 Å². The van der Waals surface area contributed by atoms with Crippen molar-refractivity contribution < 1.29 is 28.8 Å². The Balaban J connectivity index is 1.53. The number of carbonyl (C=O) groups is 3. The number of nitro groups is 1. The van der Waals surface area contributed by atoms with Gasteiger partial charge in [-0.2, -0.15) is 0 Å². The molecule has 3 aliphatic rings. The average Bonchev–Trinajstić information content (AvgIpc) is 3.55. The van der Waals surface area contributed by atoms with Gasteiger partial charge in [0.1, 0.15) is 23.0 Å². The van der Waals surface area contributed by atoms with Crippen LogP contribution in [0.5, 0.6) is 11.5 Å². The van der Waals surface area contributed by atoms with Crippen LogP contribution >= 0.6 is 0 Å². The van der Waals surface area contributed by atoms with Gasteiger partial charge in [0.25, 0.3) is 5.69 Å². The highest BCUT2D eigenvalue weighted by Gasteiger charge is 2.70. The second kappa shape index (κ2) is 10.4. The summed E-state index contributed by atoms with van der Waals surface area (Å²) in [6, 6.07) is 23.0. The van der Waals surface area contributed by atoms with Gasteiger partial charge in [-0.1, -0.05) is 48.6 Å². The van der Waals surface area contributed by atoms with Gasteiger partial charge in [-0.3, -0.25) is 24.5 Å². The van der Waals surface area contributed by atoms with Crippen LogP contribution in [-0.4, -0.2) is 48.7 Å². The zero-order chi connectivity index (χ0) is 31.5. The van der Waals surface area contributed by atoms with E-state index in [9.17, 15) is 19.7 Å². The fourth-order valence-electron chi connectivity index (χ4n) is 7.21. The maximum atomic E-state index is 15.1. The van der Waals surface area contributed by atoms with Crippen molar-refractivity contribution in [1.29, 1.82) is 0 Å². The molecule has 0 saturated carbocycles. The number of ether oxygens (including phenoxy) is 2. The molecule has 10 nitrogen and oxygen atoms in total. The van der Waals surface area contributed by atoms with Gasteiger partial charge in [0.05, 0.1) is 36.7 Å². The number of Topliss-reactive ketones (excluding diaryl/α,β-unsaturated/α-hetero) is 2. The topological polar surface area (TPSA) is 128 Å². The summed E-state index contributed by atoms with van der Waals surface area (Å²) in [5.41, 5.74) is 1.33. The van der Waals surface area contributed by atoms with Crippen LogP contribution in [0.25, 0.3) is 6.08 Å². The van der Waals surface area contributed by atoms with E-state index in [1.165, 1.54) is 38.5 Å². The van der Waals surface area contributed by atoms with Crippen LogP contribution in [0.3, 0.4) is 0 Å². The molecule has 3 aliphatic heterocycles. The summed E-state index contributed by atoms with van der Waals surface area (Å²) >= 11 is 0. The van der Waals surface area contributed by atoms with Crippen LogP contribution in [-0.2, 0) is 10.2 Å². The van der Waals surface area contributed by atoms with E-state index in [-0.39, 0.29) is 22.6 Å². The van der Waals surface area contributed by atoms with E-state index >= 15 is 4.79 Å². The number of fused-ring (bicyclic) bond motifs is 6. The molecule has 4 atom stereocenters. The Hall–Kier alpha value is -5.77. The van der Waals surface area contributed by atoms with Gasteiger partial charge in [-0.05, 0) is 53.6 Å². The second-order valence-electron chi connectivity index (χ2n) is 11.2. The summed E-state index contributed by atoms with van der Waals surface area (Å²) in [5, 5.41) is 14.4. The summed E-state index contributed by atoms with van der Waals surface area (Å²) < 4.78 is 11.1. The van der Waals surface area contributed by atoms with Crippen molar-refractivity contribution in [3.05, 3.63) is 129 Å². The zero-order valence-corrected chi connectivity index (χ0v) is 24.3. The van der Waals surface area contributed by atoms with Crippen LogP contribution in [0.4, 0.5) is 17.1 Å². The number of methoxy groups -OCH3 is 2. The number of nitrogens with one attached hydrogen (secondary N) is 1. The Bertz CT molecular complexity index is 1940. The monoisotopic (exact) mass is 601 g/mol. The molecule has 1 saturated heterocycles. The molecule has 224 valence electrons. The number of ketones is 2. The Kier molecular flexibility index (Phi) is 6.50. The molecule has 1 fully saturated rings. The van der Waals surface area contributed by atoms with Gasteiger partial charge in [0, 0.05) is 29.1 Å². The predicted octanol–water partition coefficient (Wildman–Crippen LogP) is 5.47. The number of nitro benzene ring substituents is 1. The molecule has 4 aromatic rings. The predicted molar refractivity (Wildman–Crippen MR) is 167 cm³/mol. The number of benzene rings is 4. The third kappa shape index (κ3) is 3.98. The number of para-hydroxylation sites is 2. The highest BCUT2D eigenvalue weighted by molar-refractivity contribution is 6.19. The summed E-state index contributed by atoms with van der Waals surface area (Å²) in [6.07, 6.45) is 3.80. The molecule has 1 spiro atoms. The van der Waals surface area contributed by atoms with E-state index in [2.05, 4.69) is 5.32 Å². The largest absolute Gasteiger partial charge is 0.497 e. The van der Waals surface area contributed by atoms with E-state index in [4.69, 9.17) is 9.47 Å². The Labute approximate surface area is 258 Å². The third-order valence-corrected chi connectivity index (χ3v) is 9.13. The van der Waals surface area contributed by atoms with Gasteiger partial charge < -0.3 is 19.7 Å². The van der Waals surface area contributed by atoms with Crippen molar-refractivity contribution in [1.82, 2.24) is 0 Å². The van der Waals surface area contributed by atoms with E-state index < -0.39 is 45.8 Å². The summed E-state index contributed by atoms with van der Waals surface area (Å²) in [6.45, 7) is 0. The SMILES string of the molecule is COc1ccc(OC)c(C(=O)[C@H]2[C@@H](C(=O)c3ccc([N+](=O)[O-])cc3)N3c4ccccc4C=C[C@@H]3[C@]23C(=O)Nc2ccccc23)c1. The highest BCUT2D eigenvalue weighted by atomic mass is 16.6. The van der Waals surface area contributed by atoms with Crippen LogP contribution < -0.4 is 19.7 Å². The molecular formula is C35H27N3O7. The lowest BCUT2D eigenvalue weighted by Gasteiger charge is -2.37. The van der Waals surface area contributed by atoms with Gasteiger partial charge in [-0.25, -0.2) is 0 Å². The Morgan fingerprint density at radius 3 is 2.38 bits per heavy atom. The number of hydrogen-bond acceptors (Lipinski definition) is 8. The minimum Gasteiger partial charge on any atom is -0.497 e. The molecule has 3 heterocycles. The first-order valence-electron chi connectivity index (χ1n) is 14.3. The maximum absolute atomic E-state index is 15.1. The number of anilines is 2. The van der Waals surface area contributed by atoms with E-state index in [1.807, 2.05) is 53.5 Å². The van der Waals surface area contributed by atoms with Crippen molar-refractivity contribution in [3.8, 4) is 11.5 Å². The minimum atomic E-state index is -1.52.